The van der Waals surface area contributed by atoms with Gasteiger partial charge >= 0.3 is 5.97 Å². The number of benzene rings is 1. The maximum Gasteiger partial charge on any atom is 0.355 e. The van der Waals surface area contributed by atoms with Gasteiger partial charge in [-0.3, -0.25) is 10.1 Å². The Morgan fingerprint density at radius 2 is 1.92 bits per heavy atom. The minimum absolute atomic E-state index is 0.0208. The second kappa shape index (κ2) is 7.32. The topological polar surface area (TPSA) is 144 Å². The zero-order valence-corrected chi connectivity index (χ0v) is 13.9. The summed E-state index contributed by atoms with van der Waals surface area (Å²) in [6, 6.07) is 6.54. The highest BCUT2D eigenvalue weighted by Crippen LogP contribution is 2.16. The van der Waals surface area contributed by atoms with Crippen molar-refractivity contribution in [3.05, 3.63) is 52.3 Å². The maximum absolute atomic E-state index is 11.9. The van der Waals surface area contributed by atoms with Crippen LogP contribution in [0.4, 0.5) is 5.69 Å². The predicted octanol–water partition coefficient (Wildman–Crippen LogP) is 0.816. The smallest absolute Gasteiger partial charge is 0.355 e. The van der Waals surface area contributed by atoms with Crippen molar-refractivity contribution in [2.24, 2.45) is 12.2 Å². The van der Waals surface area contributed by atoms with Gasteiger partial charge in [-0.05, 0) is 24.3 Å². The van der Waals surface area contributed by atoms with Crippen LogP contribution in [0.15, 0.2) is 41.4 Å². The van der Waals surface area contributed by atoms with Gasteiger partial charge in [0.15, 0.2) is 0 Å². The van der Waals surface area contributed by atoms with E-state index in [2.05, 4.69) is 0 Å². The molecule has 0 aliphatic heterocycles. The molecule has 1 heterocycles. The molecule has 25 heavy (non-hydrogen) atoms. The molecule has 0 unspecified atom stereocenters. The number of hydrogen-bond acceptors (Lipinski definition) is 7. The van der Waals surface area contributed by atoms with Crippen LogP contribution in [0.1, 0.15) is 10.5 Å². The van der Waals surface area contributed by atoms with Gasteiger partial charge in [-0.2, -0.15) is 0 Å². The van der Waals surface area contributed by atoms with Crippen molar-refractivity contribution in [2.75, 3.05) is 13.2 Å². The number of esters is 1. The van der Waals surface area contributed by atoms with E-state index in [9.17, 15) is 23.3 Å². The first-order chi connectivity index (χ1) is 11.7. The zero-order chi connectivity index (χ0) is 18.6. The highest BCUT2D eigenvalue weighted by Gasteiger charge is 2.18. The quantitative estimate of drug-likeness (QED) is 0.329. The first-order valence-electron chi connectivity index (χ1n) is 6.92. The Morgan fingerprint density at radius 3 is 2.44 bits per heavy atom. The number of ether oxygens (including phenoxy) is 2. The molecule has 1 aromatic heterocycles. The number of nitro groups is 1. The number of carbonyl (C=O) groups excluding carboxylic acids is 1. The summed E-state index contributed by atoms with van der Waals surface area (Å²) in [4.78, 5) is 21.9. The van der Waals surface area contributed by atoms with Gasteiger partial charge in [0, 0.05) is 13.1 Å². The number of aromatic nitrogens is 1. The predicted molar refractivity (Wildman–Crippen MR) is 85.7 cm³/mol. The lowest BCUT2D eigenvalue weighted by Crippen LogP contribution is -2.15. The number of rotatable bonds is 7. The monoisotopic (exact) mass is 369 g/mol. The Hall–Kier alpha value is -2.92. The molecular formula is C14H15N3O7S. The van der Waals surface area contributed by atoms with E-state index in [1.54, 1.807) is 0 Å². The lowest BCUT2D eigenvalue weighted by Gasteiger charge is -2.08. The summed E-state index contributed by atoms with van der Waals surface area (Å²) >= 11 is 0. The molecule has 0 radical (unpaired) electrons. The van der Waals surface area contributed by atoms with E-state index in [1.807, 2.05) is 0 Å². The van der Waals surface area contributed by atoms with E-state index in [1.165, 1.54) is 42.1 Å². The first-order valence-corrected chi connectivity index (χ1v) is 8.46. The summed E-state index contributed by atoms with van der Waals surface area (Å²) < 4.78 is 33.8. The number of hydrogen-bond donors (Lipinski definition) is 1. The van der Waals surface area contributed by atoms with Crippen molar-refractivity contribution in [2.45, 2.75) is 4.90 Å². The number of nitrogens with zero attached hydrogens (tertiary/aromatic N) is 2. The van der Waals surface area contributed by atoms with E-state index in [0.29, 0.717) is 5.75 Å². The molecule has 1 aromatic carbocycles. The van der Waals surface area contributed by atoms with E-state index >= 15 is 0 Å². The molecule has 0 atom stereocenters. The molecule has 0 amide bonds. The molecule has 2 N–H and O–H groups in total. The third-order valence-electron chi connectivity index (χ3n) is 3.15. The van der Waals surface area contributed by atoms with Gasteiger partial charge in [-0.1, -0.05) is 0 Å². The Kier molecular flexibility index (Phi) is 5.39. The molecule has 0 saturated carbocycles. The highest BCUT2D eigenvalue weighted by molar-refractivity contribution is 7.89. The number of sulfonamides is 1. The van der Waals surface area contributed by atoms with Crippen molar-refractivity contribution in [1.82, 2.24) is 4.57 Å². The maximum atomic E-state index is 11.9. The lowest BCUT2D eigenvalue weighted by atomic mass is 10.3. The van der Waals surface area contributed by atoms with Crippen molar-refractivity contribution in [3.63, 3.8) is 0 Å². The largest absolute Gasteiger partial charge is 0.490 e. The van der Waals surface area contributed by atoms with Crippen LogP contribution in [0.2, 0.25) is 0 Å². The van der Waals surface area contributed by atoms with E-state index in [0.717, 1.165) is 6.07 Å². The van der Waals surface area contributed by atoms with Crippen LogP contribution in [0.5, 0.6) is 5.75 Å². The number of carbonyl (C=O) groups is 1. The second-order valence-corrected chi connectivity index (χ2v) is 6.51. The van der Waals surface area contributed by atoms with Crippen LogP contribution in [0.25, 0.3) is 0 Å². The fourth-order valence-electron chi connectivity index (χ4n) is 1.94. The van der Waals surface area contributed by atoms with Crippen LogP contribution >= 0.6 is 0 Å². The van der Waals surface area contributed by atoms with Crippen molar-refractivity contribution in [1.29, 1.82) is 0 Å². The molecule has 0 saturated heterocycles. The molecule has 0 aliphatic carbocycles. The normalized spacial score (nSPS) is 11.1. The first kappa shape index (κ1) is 18.4. The van der Waals surface area contributed by atoms with Gasteiger partial charge in [0.05, 0.1) is 16.0 Å². The molecule has 2 aromatic rings. The second-order valence-electron chi connectivity index (χ2n) is 4.95. The van der Waals surface area contributed by atoms with Gasteiger partial charge < -0.3 is 14.0 Å². The Balaban J connectivity index is 1.85. The fraction of sp³-hybridized carbons (Fsp3) is 0.214. The van der Waals surface area contributed by atoms with Crippen LogP contribution in [0, 0.1) is 10.1 Å². The standard InChI is InChI=1S/C14H15N3O7S/c1-16-9-10(17(19)20)8-13(16)14(18)24-7-6-23-11-2-4-12(5-3-11)25(15,21)22/h2-5,8-9H,6-7H2,1H3,(H2,15,21,22). The summed E-state index contributed by atoms with van der Waals surface area (Å²) in [5.74, 6) is -0.346. The van der Waals surface area contributed by atoms with Gasteiger partial charge in [0.25, 0.3) is 5.69 Å². The third kappa shape index (κ3) is 4.78. The summed E-state index contributed by atoms with van der Waals surface area (Å²) in [6.07, 6.45) is 1.21. The van der Waals surface area contributed by atoms with Crippen LogP contribution in [-0.2, 0) is 21.8 Å². The average Bonchev–Trinajstić information content (AvgIpc) is 2.93. The zero-order valence-electron chi connectivity index (χ0n) is 13.1. The molecule has 0 spiro atoms. The minimum atomic E-state index is -3.77. The van der Waals surface area contributed by atoms with E-state index in [-0.39, 0.29) is 29.5 Å². The summed E-state index contributed by atoms with van der Waals surface area (Å²) in [5, 5.41) is 15.6. The lowest BCUT2D eigenvalue weighted by molar-refractivity contribution is -0.384. The molecule has 2 rings (SSSR count). The van der Waals surface area contributed by atoms with Crippen LogP contribution in [-0.4, -0.2) is 37.1 Å². The molecule has 0 aliphatic rings. The highest BCUT2D eigenvalue weighted by atomic mass is 32.2. The van der Waals surface area contributed by atoms with Crippen LogP contribution < -0.4 is 9.88 Å². The van der Waals surface area contributed by atoms with Crippen molar-refractivity contribution < 1.29 is 27.6 Å². The van der Waals surface area contributed by atoms with Gasteiger partial charge in [0.1, 0.15) is 24.7 Å². The molecule has 0 bridgehead atoms. The van der Waals surface area contributed by atoms with Gasteiger partial charge in [0.2, 0.25) is 10.0 Å². The number of nitrogens with two attached hydrogens (primary N) is 1. The van der Waals surface area contributed by atoms with Gasteiger partial charge in [-0.15, -0.1) is 0 Å². The molecule has 10 nitrogen and oxygen atoms in total. The van der Waals surface area contributed by atoms with Crippen molar-refractivity contribution >= 4 is 21.7 Å². The minimum Gasteiger partial charge on any atom is -0.490 e. The summed E-state index contributed by atoms with van der Waals surface area (Å²) in [6.45, 7) is -0.0677. The van der Waals surface area contributed by atoms with E-state index < -0.39 is 20.9 Å². The average molecular weight is 369 g/mol. The molecular weight excluding hydrogens is 354 g/mol. The Bertz CT molecular complexity index is 888. The SMILES string of the molecule is Cn1cc([N+](=O)[O-])cc1C(=O)OCCOc1ccc(S(N)(=O)=O)cc1. The third-order valence-corrected chi connectivity index (χ3v) is 4.08. The molecule has 11 heteroatoms. The summed E-state index contributed by atoms with van der Waals surface area (Å²) in [5.41, 5.74) is -0.162. The summed E-state index contributed by atoms with van der Waals surface area (Å²) in [7, 11) is -2.28. The Morgan fingerprint density at radius 1 is 1.28 bits per heavy atom. The van der Waals surface area contributed by atoms with Gasteiger partial charge in [-0.25, -0.2) is 18.4 Å². The molecule has 134 valence electrons. The van der Waals surface area contributed by atoms with Crippen LogP contribution in [0.3, 0.4) is 0 Å². The van der Waals surface area contributed by atoms with E-state index in [4.69, 9.17) is 14.6 Å². The van der Waals surface area contributed by atoms with Crippen molar-refractivity contribution in [3.8, 4) is 5.75 Å². The molecule has 0 fully saturated rings. The Labute approximate surface area is 143 Å². The number of primary sulfonamides is 1. The fourth-order valence-corrected chi connectivity index (χ4v) is 2.46. The number of aryl methyl sites for hydroxylation is 1.